The molecule has 0 amide bonds. The van der Waals surface area contributed by atoms with Crippen molar-refractivity contribution >= 4 is 5.78 Å². The summed E-state index contributed by atoms with van der Waals surface area (Å²) >= 11 is 0. The second-order valence-electron chi connectivity index (χ2n) is 3.90. The molecule has 0 saturated heterocycles. The minimum Gasteiger partial charge on any atom is -0.493 e. The van der Waals surface area contributed by atoms with Gasteiger partial charge in [0.15, 0.2) is 17.3 Å². The van der Waals surface area contributed by atoms with Gasteiger partial charge in [-0.05, 0) is 32.9 Å². The predicted molar refractivity (Wildman–Crippen MR) is 88.0 cm³/mol. The quantitative estimate of drug-likeness (QED) is 0.736. The average Bonchev–Trinajstić information content (AvgIpc) is 2.49. The molecule has 4 nitrogen and oxygen atoms in total. The summed E-state index contributed by atoms with van der Waals surface area (Å²) in [5.74, 6) is 1.37. The van der Waals surface area contributed by atoms with Crippen molar-refractivity contribution in [3.63, 3.8) is 0 Å². The molecule has 21 heavy (non-hydrogen) atoms. The summed E-state index contributed by atoms with van der Waals surface area (Å²) in [5.41, 5.74) is 0.497. The number of benzene rings is 1. The molecule has 0 heterocycles. The summed E-state index contributed by atoms with van der Waals surface area (Å²) in [6, 6.07) is 3.38. The normalized spacial score (nSPS) is 8.86. The highest BCUT2D eigenvalue weighted by Crippen LogP contribution is 2.40. The minimum atomic E-state index is -0.0680. The average molecular weight is 298 g/mol. The fourth-order valence-electron chi connectivity index (χ4n) is 1.53. The van der Waals surface area contributed by atoms with Crippen molar-refractivity contribution in [2.24, 2.45) is 0 Å². The Morgan fingerprint density at radius 2 is 1.48 bits per heavy atom. The Morgan fingerprint density at radius 3 is 1.81 bits per heavy atom. The lowest BCUT2D eigenvalue weighted by Crippen LogP contribution is -2.11. The van der Waals surface area contributed by atoms with E-state index in [1.807, 2.05) is 41.5 Å². The van der Waals surface area contributed by atoms with Gasteiger partial charge < -0.3 is 14.2 Å². The van der Waals surface area contributed by atoms with E-state index in [4.69, 9.17) is 14.2 Å². The third-order valence-corrected chi connectivity index (χ3v) is 2.23. The van der Waals surface area contributed by atoms with Gasteiger partial charge in [0.05, 0.1) is 25.9 Å². The zero-order valence-electron chi connectivity index (χ0n) is 14.9. The Kier molecular flexibility index (Phi) is 12.4. The second kappa shape index (κ2) is 12.1. The van der Waals surface area contributed by atoms with Crippen LogP contribution in [-0.4, -0.2) is 26.1 Å². The molecular weight excluding hydrogens is 268 g/mol. The number of hydrogen-bond donors (Lipinski definition) is 0. The Balaban J connectivity index is 0. The van der Waals surface area contributed by atoms with Gasteiger partial charge >= 0.3 is 0 Å². The smallest absolute Gasteiger partial charge is 0.204 e. The molecule has 1 aromatic rings. The highest BCUT2D eigenvalue weighted by molar-refractivity contribution is 5.98. The summed E-state index contributed by atoms with van der Waals surface area (Å²) < 4.78 is 16.1. The SMILES string of the molecule is CC.CC.COc1ccc(C(C)=O)c(OC(C)C)c1OC. The molecule has 0 atom stereocenters. The van der Waals surface area contributed by atoms with E-state index in [-0.39, 0.29) is 11.9 Å². The monoisotopic (exact) mass is 298 g/mol. The van der Waals surface area contributed by atoms with Crippen LogP contribution in [0.25, 0.3) is 0 Å². The molecule has 122 valence electrons. The van der Waals surface area contributed by atoms with Gasteiger partial charge in [0.25, 0.3) is 0 Å². The number of carbonyl (C=O) groups excluding carboxylic acids is 1. The fourth-order valence-corrected chi connectivity index (χ4v) is 1.53. The maximum atomic E-state index is 11.5. The van der Waals surface area contributed by atoms with Gasteiger partial charge in [0.2, 0.25) is 5.75 Å². The number of hydrogen-bond acceptors (Lipinski definition) is 4. The molecular formula is C17H30O4. The van der Waals surface area contributed by atoms with Crippen molar-refractivity contribution in [1.29, 1.82) is 0 Å². The van der Waals surface area contributed by atoms with Gasteiger partial charge in [-0.25, -0.2) is 0 Å². The van der Waals surface area contributed by atoms with Crippen LogP contribution in [0, 0.1) is 0 Å². The lowest BCUT2D eigenvalue weighted by atomic mass is 10.1. The van der Waals surface area contributed by atoms with Crippen LogP contribution in [0.5, 0.6) is 17.2 Å². The van der Waals surface area contributed by atoms with Crippen molar-refractivity contribution in [3.05, 3.63) is 17.7 Å². The zero-order valence-corrected chi connectivity index (χ0v) is 14.9. The second-order valence-corrected chi connectivity index (χ2v) is 3.90. The topological polar surface area (TPSA) is 44.8 Å². The number of rotatable bonds is 5. The molecule has 0 aliphatic carbocycles. The molecule has 0 bridgehead atoms. The van der Waals surface area contributed by atoms with Crippen LogP contribution in [-0.2, 0) is 0 Å². The molecule has 1 aromatic carbocycles. The first kappa shape index (κ1) is 21.6. The predicted octanol–water partition coefficient (Wildman–Crippen LogP) is 4.75. The van der Waals surface area contributed by atoms with Gasteiger partial charge in [0, 0.05) is 0 Å². The third kappa shape index (κ3) is 6.52. The van der Waals surface area contributed by atoms with Crippen LogP contribution >= 0.6 is 0 Å². The zero-order chi connectivity index (χ0) is 17.0. The molecule has 0 aliphatic heterocycles. The molecule has 0 spiro atoms. The van der Waals surface area contributed by atoms with E-state index < -0.39 is 0 Å². The Hall–Kier alpha value is -1.71. The maximum absolute atomic E-state index is 11.5. The fraction of sp³-hybridized carbons (Fsp3) is 0.588. The molecule has 0 aromatic heterocycles. The third-order valence-electron chi connectivity index (χ3n) is 2.23. The van der Waals surface area contributed by atoms with Crippen molar-refractivity contribution < 1.29 is 19.0 Å². The summed E-state index contributed by atoms with van der Waals surface area (Å²) in [6.07, 6.45) is -0.0471. The van der Waals surface area contributed by atoms with Crippen molar-refractivity contribution in [3.8, 4) is 17.2 Å². The summed E-state index contributed by atoms with van der Waals surface area (Å²) in [7, 11) is 3.07. The Morgan fingerprint density at radius 1 is 0.952 bits per heavy atom. The van der Waals surface area contributed by atoms with Crippen LogP contribution in [0.1, 0.15) is 58.8 Å². The van der Waals surface area contributed by atoms with E-state index in [1.54, 1.807) is 19.2 Å². The Labute approximate surface area is 129 Å². The number of methoxy groups -OCH3 is 2. The number of carbonyl (C=O) groups is 1. The first-order chi connectivity index (χ1) is 10.0. The minimum absolute atomic E-state index is 0.0471. The highest BCUT2D eigenvalue weighted by Gasteiger charge is 2.19. The van der Waals surface area contributed by atoms with E-state index in [1.165, 1.54) is 14.0 Å². The lowest BCUT2D eigenvalue weighted by Gasteiger charge is -2.18. The summed E-state index contributed by atoms with van der Waals surface area (Å²) in [4.78, 5) is 11.5. The van der Waals surface area contributed by atoms with E-state index in [0.29, 0.717) is 22.8 Å². The molecule has 0 N–H and O–H groups in total. The van der Waals surface area contributed by atoms with Crippen LogP contribution in [0.15, 0.2) is 12.1 Å². The first-order valence-electron chi connectivity index (χ1n) is 7.43. The van der Waals surface area contributed by atoms with E-state index in [2.05, 4.69) is 0 Å². The maximum Gasteiger partial charge on any atom is 0.204 e. The van der Waals surface area contributed by atoms with Crippen LogP contribution in [0.3, 0.4) is 0 Å². The van der Waals surface area contributed by atoms with Gasteiger partial charge in [-0.2, -0.15) is 0 Å². The summed E-state index contributed by atoms with van der Waals surface area (Å²) in [6.45, 7) is 13.3. The molecule has 0 radical (unpaired) electrons. The summed E-state index contributed by atoms with van der Waals surface area (Å²) in [5, 5.41) is 0. The lowest BCUT2D eigenvalue weighted by molar-refractivity contribution is 0.101. The number of Topliss-reactive ketones (excluding diaryl/α,β-unsaturated/α-hetero) is 1. The van der Waals surface area contributed by atoms with E-state index in [9.17, 15) is 4.79 Å². The largest absolute Gasteiger partial charge is 0.493 e. The molecule has 4 heteroatoms. The van der Waals surface area contributed by atoms with Crippen molar-refractivity contribution in [2.45, 2.75) is 54.6 Å². The standard InChI is InChI=1S/C13H18O4.2C2H6/c1-8(2)17-12-10(9(3)14)6-7-11(15-4)13(12)16-5;2*1-2/h6-8H,1-5H3;2*1-2H3. The van der Waals surface area contributed by atoms with Crippen LogP contribution < -0.4 is 14.2 Å². The number of ether oxygens (including phenoxy) is 3. The van der Waals surface area contributed by atoms with Gasteiger partial charge in [-0.1, -0.05) is 27.7 Å². The molecule has 1 rings (SSSR count). The van der Waals surface area contributed by atoms with Crippen LogP contribution in [0.4, 0.5) is 0 Å². The highest BCUT2D eigenvalue weighted by atomic mass is 16.5. The van der Waals surface area contributed by atoms with Crippen molar-refractivity contribution in [2.75, 3.05) is 14.2 Å². The van der Waals surface area contributed by atoms with Gasteiger partial charge in [-0.15, -0.1) is 0 Å². The molecule has 0 unspecified atom stereocenters. The van der Waals surface area contributed by atoms with E-state index in [0.717, 1.165) is 0 Å². The Bertz CT molecular complexity index is 411. The first-order valence-corrected chi connectivity index (χ1v) is 7.43. The van der Waals surface area contributed by atoms with Crippen molar-refractivity contribution in [1.82, 2.24) is 0 Å². The van der Waals surface area contributed by atoms with Crippen LogP contribution in [0.2, 0.25) is 0 Å². The van der Waals surface area contributed by atoms with Gasteiger partial charge in [0.1, 0.15) is 0 Å². The number of ketones is 1. The van der Waals surface area contributed by atoms with Gasteiger partial charge in [-0.3, -0.25) is 4.79 Å². The molecule has 0 fully saturated rings. The van der Waals surface area contributed by atoms with E-state index >= 15 is 0 Å². The molecule has 0 saturated carbocycles. The molecule has 0 aliphatic rings.